The highest BCUT2D eigenvalue weighted by Crippen LogP contribution is 2.40. The van der Waals surface area contributed by atoms with Crippen LogP contribution in [0.1, 0.15) is 41.2 Å². The van der Waals surface area contributed by atoms with E-state index in [1.807, 2.05) is 54.6 Å². The molecule has 0 heterocycles. The molecule has 3 rings (SSSR count). The third-order valence-corrected chi connectivity index (χ3v) is 6.80. The third kappa shape index (κ3) is 7.08. The van der Waals surface area contributed by atoms with Gasteiger partial charge < -0.3 is 19.7 Å². The number of carboxylic acid groups (broad SMARTS) is 1. The fourth-order valence-electron chi connectivity index (χ4n) is 4.19. The number of aliphatic hydroxyl groups is 1. The molecular weight excluding hydrogens is 496 g/mol. The van der Waals surface area contributed by atoms with Crippen LogP contribution in [0.15, 0.2) is 71.2 Å². The van der Waals surface area contributed by atoms with Crippen molar-refractivity contribution in [2.24, 2.45) is 5.92 Å². The largest absolute Gasteiger partial charge is 0.495 e. The second kappa shape index (κ2) is 12.6. The Labute approximate surface area is 209 Å². The summed E-state index contributed by atoms with van der Waals surface area (Å²) in [4.78, 5) is 11.0. The summed E-state index contributed by atoms with van der Waals surface area (Å²) in [6.45, 7) is 0. The molecule has 0 spiro atoms. The van der Waals surface area contributed by atoms with Crippen LogP contribution < -0.4 is 9.47 Å². The number of hydrogen-bond donors (Lipinski definition) is 2. The Morgan fingerprint density at radius 3 is 2.06 bits per heavy atom. The van der Waals surface area contributed by atoms with Gasteiger partial charge in [0.05, 0.1) is 26.7 Å². The lowest BCUT2D eigenvalue weighted by molar-refractivity contribution is -0.136. The van der Waals surface area contributed by atoms with E-state index in [1.54, 1.807) is 14.2 Å². The summed E-state index contributed by atoms with van der Waals surface area (Å²) in [7, 11) is 3.18. The summed E-state index contributed by atoms with van der Waals surface area (Å²) in [5.41, 5.74) is 3.85. The number of aryl methyl sites for hydroxylation is 1. The fourth-order valence-corrected chi connectivity index (χ4v) is 4.74. The zero-order valence-corrected chi connectivity index (χ0v) is 21.1. The molecule has 3 aromatic rings. The van der Waals surface area contributed by atoms with Gasteiger partial charge in [0.25, 0.3) is 0 Å². The van der Waals surface area contributed by atoms with Crippen molar-refractivity contribution in [2.45, 2.75) is 38.2 Å². The van der Waals surface area contributed by atoms with Crippen LogP contribution in [0.2, 0.25) is 0 Å². The van der Waals surface area contributed by atoms with Crippen molar-refractivity contribution in [2.75, 3.05) is 14.2 Å². The van der Waals surface area contributed by atoms with E-state index in [0.717, 1.165) is 36.0 Å². The minimum absolute atomic E-state index is 0.00188. The summed E-state index contributed by atoms with van der Waals surface area (Å²) in [6, 6.07) is 21.6. The van der Waals surface area contributed by atoms with E-state index in [4.69, 9.17) is 14.6 Å². The maximum absolute atomic E-state index is 11.4. The smallest absolute Gasteiger partial charge is 0.307 e. The lowest BCUT2D eigenvalue weighted by Gasteiger charge is -2.25. The predicted octanol–water partition coefficient (Wildman–Crippen LogP) is 6.01. The quantitative estimate of drug-likeness (QED) is 0.302. The number of aliphatic carboxylic acids is 1. The van der Waals surface area contributed by atoms with E-state index < -0.39 is 12.1 Å². The van der Waals surface area contributed by atoms with Crippen molar-refractivity contribution in [1.82, 2.24) is 0 Å². The van der Waals surface area contributed by atoms with Gasteiger partial charge in [-0.05, 0) is 81.9 Å². The highest BCUT2D eigenvalue weighted by atomic mass is 79.9. The zero-order valence-electron chi connectivity index (χ0n) is 19.5. The van der Waals surface area contributed by atoms with Gasteiger partial charge in [-0.15, -0.1) is 0 Å². The Morgan fingerprint density at radius 1 is 0.912 bits per heavy atom. The van der Waals surface area contributed by atoms with Gasteiger partial charge in [-0.1, -0.05) is 54.6 Å². The first kappa shape index (κ1) is 25.8. The average Bonchev–Trinajstić information content (AvgIpc) is 2.84. The lowest BCUT2D eigenvalue weighted by atomic mass is 9.85. The highest BCUT2D eigenvalue weighted by Gasteiger charge is 2.24. The zero-order chi connectivity index (χ0) is 24.5. The van der Waals surface area contributed by atoms with E-state index in [1.165, 1.54) is 5.56 Å². The first-order valence-electron chi connectivity index (χ1n) is 11.3. The van der Waals surface area contributed by atoms with Gasteiger partial charge in [0.1, 0.15) is 16.0 Å². The summed E-state index contributed by atoms with van der Waals surface area (Å²) in [5.74, 6) is 0.327. The molecule has 6 heteroatoms. The van der Waals surface area contributed by atoms with E-state index in [0.29, 0.717) is 22.4 Å². The van der Waals surface area contributed by atoms with Crippen LogP contribution in [-0.2, 0) is 24.1 Å². The molecular formula is C28H31BrO5. The number of hydrogen-bond acceptors (Lipinski definition) is 4. The van der Waals surface area contributed by atoms with Gasteiger partial charge in [0.15, 0.2) is 0 Å². The molecule has 2 N–H and O–H groups in total. The van der Waals surface area contributed by atoms with Gasteiger partial charge in [-0.2, -0.15) is 0 Å². The number of aliphatic hydroxyl groups excluding tert-OH is 1. The lowest BCUT2D eigenvalue weighted by Crippen LogP contribution is -2.16. The number of benzene rings is 3. The molecule has 0 saturated heterocycles. The topological polar surface area (TPSA) is 76.0 Å². The molecule has 5 nitrogen and oxygen atoms in total. The molecule has 0 aromatic heterocycles. The van der Waals surface area contributed by atoms with Crippen molar-refractivity contribution in [1.29, 1.82) is 0 Å². The third-order valence-electron chi connectivity index (χ3n) is 6.02. The van der Waals surface area contributed by atoms with Crippen LogP contribution in [0, 0.1) is 5.92 Å². The first-order valence-corrected chi connectivity index (χ1v) is 12.1. The van der Waals surface area contributed by atoms with Crippen LogP contribution in [-0.4, -0.2) is 30.4 Å². The standard InChI is InChI=1S/C28H31BrO5/c1-33-24-17-23(18-25(34-2)27(24)29)28(32)22(10-6-9-19-7-4-3-5-8-19)15-20-11-13-21(14-12-20)16-26(30)31/h3-5,7-8,11-14,17-18,22,28,32H,6,9-10,15-16H2,1-2H3,(H,30,31)/t22-,28-/m0/s1. The summed E-state index contributed by atoms with van der Waals surface area (Å²) < 4.78 is 11.7. The normalized spacial score (nSPS) is 12.7. The molecule has 2 atom stereocenters. The van der Waals surface area contributed by atoms with E-state index >= 15 is 0 Å². The monoisotopic (exact) mass is 526 g/mol. The fraction of sp³-hybridized carbons (Fsp3) is 0.321. The maximum Gasteiger partial charge on any atom is 0.307 e. The molecule has 0 radical (unpaired) electrons. The number of ether oxygens (including phenoxy) is 2. The summed E-state index contributed by atoms with van der Waals surface area (Å²) >= 11 is 3.49. The first-order chi connectivity index (χ1) is 16.4. The van der Waals surface area contributed by atoms with Crippen molar-refractivity contribution in [3.05, 3.63) is 93.5 Å². The van der Waals surface area contributed by atoms with Gasteiger partial charge in [-0.25, -0.2) is 0 Å². The molecule has 0 fully saturated rings. The molecule has 0 unspecified atom stereocenters. The molecule has 0 aliphatic rings. The van der Waals surface area contributed by atoms with Crippen molar-refractivity contribution >= 4 is 21.9 Å². The molecule has 34 heavy (non-hydrogen) atoms. The van der Waals surface area contributed by atoms with Crippen molar-refractivity contribution in [3.63, 3.8) is 0 Å². The second-order valence-corrected chi connectivity index (χ2v) is 9.21. The maximum atomic E-state index is 11.4. The number of carbonyl (C=O) groups is 1. The summed E-state index contributed by atoms with van der Waals surface area (Å²) in [6.07, 6.45) is 2.66. The molecule has 0 saturated carbocycles. The van der Waals surface area contributed by atoms with Gasteiger partial charge in [-0.3, -0.25) is 4.79 Å². The van der Waals surface area contributed by atoms with Crippen molar-refractivity contribution in [3.8, 4) is 11.5 Å². The van der Waals surface area contributed by atoms with Crippen LogP contribution in [0.4, 0.5) is 0 Å². The number of rotatable bonds is 12. The Hall–Kier alpha value is -2.83. The summed E-state index contributed by atoms with van der Waals surface area (Å²) in [5, 5.41) is 20.5. The minimum atomic E-state index is -0.847. The van der Waals surface area contributed by atoms with Crippen LogP contribution in [0.5, 0.6) is 11.5 Å². The predicted molar refractivity (Wildman–Crippen MR) is 137 cm³/mol. The van der Waals surface area contributed by atoms with Crippen molar-refractivity contribution < 1.29 is 24.5 Å². The second-order valence-electron chi connectivity index (χ2n) is 8.41. The van der Waals surface area contributed by atoms with Gasteiger partial charge in [0.2, 0.25) is 0 Å². The Kier molecular flexibility index (Phi) is 9.54. The Balaban J connectivity index is 1.82. The molecule has 0 aliphatic carbocycles. The van der Waals surface area contributed by atoms with Gasteiger partial charge >= 0.3 is 5.97 Å². The highest BCUT2D eigenvalue weighted by molar-refractivity contribution is 9.10. The van der Waals surface area contributed by atoms with Crippen LogP contribution in [0.3, 0.4) is 0 Å². The Bertz CT molecular complexity index is 1040. The average molecular weight is 527 g/mol. The van der Waals surface area contributed by atoms with E-state index in [-0.39, 0.29) is 12.3 Å². The van der Waals surface area contributed by atoms with Gasteiger partial charge in [0, 0.05) is 0 Å². The Morgan fingerprint density at radius 2 is 1.50 bits per heavy atom. The van der Waals surface area contributed by atoms with E-state index in [2.05, 4.69) is 28.1 Å². The number of methoxy groups -OCH3 is 2. The molecule has 3 aromatic carbocycles. The number of carboxylic acids is 1. The minimum Gasteiger partial charge on any atom is -0.495 e. The van der Waals surface area contributed by atoms with Crippen LogP contribution >= 0.6 is 15.9 Å². The van der Waals surface area contributed by atoms with E-state index in [9.17, 15) is 9.90 Å². The molecule has 0 amide bonds. The molecule has 0 aliphatic heterocycles. The number of halogens is 1. The van der Waals surface area contributed by atoms with Crippen LogP contribution in [0.25, 0.3) is 0 Å². The SMILES string of the molecule is COc1cc([C@@H](O)[C@@H](CCCc2ccccc2)Cc2ccc(CC(=O)O)cc2)cc(OC)c1Br. The molecule has 0 bridgehead atoms. The molecule has 180 valence electrons.